The summed E-state index contributed by atoms with van der Waals surface area (Å²) in [5, 5.41) is 0. The minimum Gasteiger partial charge on any atom is -0.382 e. The highest BCUT2D eigenvalue weighted by molar-refractivity contribution is 8.07. The molecule has 0 amide bonds. The third-order valence-electron chi connectivity index (χ3n) is 16.2. The highest BCUT2D eigenvalue weighted by Crippen LogP contribution is 2.55. The molecule has 4 fully saturated rings. The minimum absolute atomic E-state index is 0.00806. The van der Waals surface area contributed by atoms with E-state index in [2.05, 4.69) is 49.8 Å². The van der Waals surface area contributed by atoms with E-state index in [1.54, 1.807) is 9.13 Å². The van der Waals surface area contributed by atoms with Gasteiger partial charge in [0.15, 0.2) is 59.3 Å². The van der Waals surface area contributed by atoms with Crippen molar-refractivity contribution in [2.24, 2.45) is 0 Å². The number of ether oxygens (including phenoxy) is 12. The van der Waals surface area contributed by atoms with Crippen molar-refractivity contribution in [3.8, 4) is 0 Å². The number of imidazole rings is 3. The molecular weight excluding hydrogens is 1430 g/mol. The molecule has 46 heteroatoms. The fourth-order valence-electron chi connectivity index (χ4n) is 11.6. The number of rotatable bonds is 36. The third-order valence-corrected chi connectivity index (χ3v) is 20.9. The lowest BCUT2D eigenvalue weighted by atomic mass is 10.1. The molecule has 0 aliphatic carbocycles. The first kappa shape index (κ1) is 75.0. The van der Waals surface area contributed by atoms with Crippen molar-refractivity contribution in [3.63, 3.8) is 0 Å². The first-order valence-electron chi connectivity index (χ1n) is 30.7. The van der Waals surface area contributed by atoms with Crippen LogP contribution in [0.4, 0.5) is 17.5 Å². The van der Waals surface area contributed by atoms with Crippen molar-refractivity contribution >= 4 is 107 Å². The Bertz CT molecular complexity index is 4170. The molecular formula is C53H76N17O23P3S3. The molecule has 0 saturated carbocycles. The number of aromatic nitrogens is 14. The number of hydrogen-bond donors (Lipinski definition) is 7. The van der Waals surface area contributed by atoms with Crippen LogP contribution in [0.1, 0.15) is 50.2 Å². The summed E-state index contributed by atoms with van der Waals surface area (Å²) in [4.78, 5) is 104. The number of nitrogens with two attached hydrogens (primary N) is 3. The van der Waals surface area contributed by atoms with Crippen LogP contribution in [0, 0.1) is 6.92 Å². The predicted octanol–water partition coefficient (Wildman–Crippen LogP) is 0.483. The molecule has 0 radical (unpaired) electrons. The van der Waals surface area contributed by atoms with Gasteiger partial charge >= 0.3 is 25.8 Å². The molecule has 7 unspecified atom stereocenters. The number of aryl methyl sites for hydroxylation is 1. The van der Waals surface area contributed by atoms with E-state index in [1.807, 2.05) is 6.92 Å². The highest BCUT2D eigenvalue weighted by Gasteiger charge is 2.55. The Hall–Kier alpha value is -5.16. The summed E-state index contributed by atoms with van der Waals surface area (Å²) in [7, 11) is 5.92. The second kappa shape index (κ2) is 33.1. The largest absolute Gasteiger partial charge is 0.382 e. The number of hydrogen-bond acceptors (Lipinski definition) is 35. The van der Waals surface area contributed by atoms with Crippen LogP contribution in [0.15, 0.2) is 53.7 Å². The van der Waals surface area contributed by atoms with Crippen LogP contribution >= 0.6 is 20.2 Å². The zero-order valence-corrected chi connectivity index (χ0v) is 59.1. The van der Waals surface area contributed by atoms with E-state index in [1.165, 1.54) is 84.1 Å². The Balaban J connectivity index is 0.868. The van der Waals surface area contributed by atoms with Crippen LogP contribution < -0.4 is 28.5 Å². The third kappa shape index (κ3) is 17.2. The average Bonchev–Trinajstić information content (AvgIpc) is 1.63. The number of fused-ring (bicyclic) bond motifs is 3. The van der Waals surface area contributed by atoms with Crippen LogP contribution in [-0.4, -0.2) is 251 Å². The van der Waals surface area contributed by atoms with E-state index in [0.29, 0.717) is 28.7 Å². The fraction of sp³-hybridized carbons (Fsp3) is 0.642. The Labute approximate surface area is 578 Å². The van der Waals surface area contributed by atoms with Crippen LogP contribution in [-0.2, 0) is 119 Å². The van der Waals surface area contributed by atoms with Crippen LogP contribution in [0.2, 0.25) is 0 Å². The number of nitrogens with one attached hydrogen (secondary N) is 1. The fourth-order valence-corrected chi connectivity index (χ4v) is 16.0. The number of methoxy groups -OCH3 is 4. The standard InChI is InChI=1S/C53H76N17O23P3S3/c1-7-29-36(39(81-13-9-77-4)51(88-29)69-25-64-34-43(55)58-22-61-46(34)69)91-95(74,98)85-19-31-37(40(82-14-10-78-5)50(89-31)67-17-27(2)48(71)66-53(67)72)93-96(75,99)86-20-32-38(41(83-15-11-79-6)52(90-32)70-26-65-35-44(56)59-23-62-47(35)70)92-94(73,97)84-18-28-16-30(80-12-8-76-3)49(87-28)68-24-63-33-42(54)57-21-60-45(33)68/h17,21-26,28-32,36-41,49-52H,7-16,18-20H2,1-6H3,(H,73,97)(H,74,98)(H,75,99)(H2,54,57,60)(H2,55,58,61)(H2,56,59,62)(H,66,71,72)/t28-,29+,30?,31+,32+,36-,37-,38-,39?,40?,41?,49+,50+,51+,52+,94?,95?,96?/m0/s1. The van der Waals surface area contributed by atoms with Gasteiger partial charge < -0.3 is 102 Å². The summed E-state index contributed by atoms with van der Waals surface area (Å²) in [5.41, 5.74) is 18.7. The van der Waals surface area contributed by atoms with Crippen molar-refractivity contribution in [1.29, 1.82) is 0 Å². The molecule has 11 heterocycles. The van der Waals surface area contributed by atoms with E-state index in [4.69, 9.17) is 137 Å². The quantitative estimate of drug-likeness (QED) is 0.0207. The summed E-state index contributed by atoms with van der Waals surface area (Å²) >= 11 is 17.3. The van der Waals surface area contributed by atoms with Gasteiger partial charge in [-0.25, -0.2) is 49.7 Å². The first-order chi connectivity index (χ1) is 47.6. The first-order valence-corrected chi connectivity index (χ1v) is 38.5. The molecule has 4 aliphatic heterocycles. The summed E-state index contributed by atoms with van der Waals surface area (Å²) in [6.07, 6.45) is -7.51. The van der Waals surface area contributed by atoms with Crippen molar-refractivity contribution in [1.82, 2.24) is 68.1 Å². The maximum atomic E-state index is 13.8. The van der Waals surface area contributed by atoms with Gasteiger partial charge in [0.1, 0.15) is 90.5 Å². The van der Waals surface area contributed by atoms with Gasteiger partial charge in [-0.2, -0.15) is 0 Å². The molecule has 40 nitrogen and oxygen atoms in total. The summed E-state index contributed by atoms with van der Waals surface area (Å²) < 4.78 is 116. The second-order valence-electron chi connectivity index (χ2n) is 22.6. The molecule has 0 bridgehead atoms. The van der Waals surface area contributed by atoms with Gasteiger partial charge in [0.2, 0.25) is 0 Å². The molecule has 7 aromatic rings. The summed E-state index contributed by atoms with van der Waals surface area (Å²) in [6, 6.07) is 0. The molecule has 4 aliphatic rings. The molecule has 10 N–H and O–H groups in total. The Morgan fingerprint density at radius 2 is 0.879 bits per heavy atom. The maximum absolute atomic E-state index is 13.8. The van der Waals surface area contributed by atoms with Crippen molar-refractivity contribution < 1.29 is 98.7 Å². The number of aromatic amines is 1. The zero-order valence-electron chi connectivity index (χ0n) is 54.0. The van der Waals surface area contributed by atoms with E-state index in [-0.39, 0.29) is 100 Å². The normalized spacial score (nSPS) is 28.4. The molecule has 11 rings (SSSR count). The Kier molecular flexibility index (Phi) is 25.1. The molecule has 4 saturated heterocycles. The number of nitrogens with zero attached hydrogens (tertiary/aromatic N) is 13. The molecule has 544 valence electrons. The summed E-state index contributed by atoms with van der Waals surface area (Å²) in [6.45, 7) is -11.6. The van der Waals surface area contributed by atoms with Crippen LogP contribution in [0.3, 0.4) is 0 Å². The lowest BCUT2D eigenvalue weighted by Crippen LogP contribution is -2.41. The summed E-state index contributed by atoms with van der Waals surface area (Å²) in [5.74, 6) is 0.320. The smallest absolute Gasteiger partial charge is 0.330 e. The predicted molar refractivity (Wildman–Crippen MR) is 354 cm³/mol. The van der Waals surface area contributed by atoms with E-state index in [9.17, 15) is 24.3 Å². The van der Waals surface area contributed by atoms with Gasteiger partial charge in [-0.15, -0.1) is 0 Å². The molecule has 7 aromatic heterocycles. The number of nitrogen functional groups attached to an aromatic ring is 3. The average molecular weight is 1510 g/mol. The minimum atomic E-state index is -4.73. The maximum Gasteiger partial charge on any atom is 0.330 e. The van der Waals surface area contributed by atoms with Crippen LogP contribution in [0.25, 0.3) is 33.5 Å². The second-order valence-corrected chi connectivity index (χ2v) is 31.0. The van der Waals surface area contributed by atoms with Gasteiger partial charge in [0, 0.05) is 46.6 Å². The van der Waals surface area contributed by atoms with E-state index >= 15 is 0 Å². The van der Waals surface area contributed by atoms with Crippen LogP contribution in [0.5, 0.6) is 0 Å². The van der Waals surface area contributed by atoms with E-state index < -0.39 is 137 Å². The molecule has 0 spiro atoms. The lowest BCUT2D eigenvalue weighted by Gasteiger charge is -2.31. The van der Waals surface area contributed by atoms with Gasteiger partial charge in [0.25, 0.3) is 5.56 Å². The topological polar surface area (TPSA) is 491 Å². The highest BCUT2D eigenvalue weighted by atomic mass is 32.5. The Morgan fingerprint density at radius 3 is 1.29 bits per heavy atom. The SMILES string of the molecule is CC[C@H]1O[C@@H](n2cnc3c(N)ncnc32)C(OCCOC)[C@H]1OP(O)(=S)OC[C@H]1O[C@@H](n2cc(C)c(=O)[nH]c2=O)C(OCCOC)[C@H]1OP(O)(=S)OC[C@H]1O[C@@H](n2cnc3c(N)ncnc32)C(OCCOC)[C@H]1OP(O)(=S)OC[C@@H]1CC(OCCOC)[C@H](n2cnc3c(N)ncnc32)O1. The monoisotopic (exact) mass is 1510 g/mol. The van der Waals surface area contributed by atoms with Crippen molar-refractivity contribution in [3.05, 3.63) is 70.6 Å². The van der Waals surface area contributed by atoms with Gasteiger partial charge in [-0.05, 0) is 48.8 Å². The number of anilines is 3. The lowest BCUT2D eigenvalue weighted by molar-refractivity contribution is -0.0829. The Morgan fingerprint density at radius 1 is 0.505 bits per heavy atom. The molecule has 18 atom stereocenters. The number of H-pyrrole nitrogens is 1. The van der Waals surface area contributed by atoms with Crippen molar-refractivity contribution in [2.75, 3.05) is 118 Å². The van der Waals surface area contributed by atoms with Gasteiger partial charge in [-0.1, -0.05) is 6.92 Å². The molecule has 99 heavy (non-hydrogen) atoms. The molecule has 0 aromatic carbocycles. The van der Waals surface area contributed by atoms with Gasteiger partial charge in [-0.3, -0.25) is 41.6 Å². The zero-order chi connectivity index (χ0) is 70.3. The van der Waals surface area contributed by atoms with Crippen molar-refractivity contribution in [2.45, 2.75) is 119 Å². The van der Waals surface area contributed by atoms with E-state index in [0.717, 1.165) is 4.57 Å². The van der Waals surface area contributed by atoms with Gasteiger partial charge in [0.05, 0.1) is 104 Å².